The van der Waals surface area contributed by atoms with Crippen LogP contribution in [-0.2, 0) is 20.8 Å². The van der Waals surface area contributed by atoms with E-state index in [0.29, 0.717) is 12.2 Å². The number of halogens is 1. The summed E-state index contributed by atoms with van der Waals surface area (Å²) in [5, 5.41) is 4.12. The second-order valence-corrected chi connectivity index (χ2v) is 8.51. The number of benzene rings is 1. The van der Waals surface area contributed by atoms with Crippen LogP contribution in [0, 0.1) is 5.92 Å². The van der Waals surface area contributed by atoms with Crippen LogP contribution in [0.15, 0.2) is 28.7 Å². The second-order valence-electron chi connectivity index (χ2n) is 7.72. The van der Waals surface area contributed by atoms with Gasteiger partial charge in [-0.25, -0.2) is 9.36 Å². The van der Waals surface area contributed by atoms with Gasteiger partial charge in [0.25, 0.3) is 0 Å². The minimum atomic E-state index is -0.619. The lowest BCUT2D eigenvalue weighted by Gasteiger charge is -2.22. The van der Waals surface area contributed by atoms with E-state index in [9.17, 15) is 9.59 Å². The van der Waals surface area contributed by atoms with Gasteiger partial charge in [0.15, 0.2) is 0 Å². The smallest absolute Gasteiger partial charge is 0.419 e. The molecule has 0 spiro atoms. The van der Waals surface area contributed by atoms with Crippen LogP contribution in [0.1, 0.15) is 40.3 Å². The molecule has 1 aromatic carbocycles. The molecule has 0 aliphatic rings. The number of carbonyl (C=O) groups is 2. The molecule has 0 unspecified atom stereocenters. The molecule has 2 rings (SSSR count). The molecule has 148 valence electrons. The quantitative estimate of drug-likeness (QED) is 0.696. The zero-order chi connectivity index (χ0) is 20.4. The lowest BCUT2D eigenvalue weighted by molar-refractivity contribution is -0.144. The first kappa shape index (κ1) is 21.4. The van der Waals surface area contributed by atoms with Crippen molar-refractivity contribution < 1.29 is 19.1 Å². The molecule has 27 heavy (non-hydrogen) atoms. The first-order valence-corrected chi connectivity index (χ1v) is 9.68. The molecule has 1 heterocycles. The highest BCUT2D eigenvalue weighted by atomic mass is 79.9. The number of fused-ring (bicyclic) bond motifs is 1. The van der Waals surface area contributed by atoms with Crippen LogP contribution in [0.3, 0.4) is 0 Å². The number of nitrogens with zero attached hydrogens (tertiary/aromatic N) is 1. The summed E-state index contributed by atoms with van der Waals surface area (Å²) in [4.78, 5) is 24.9. The predicted octanol–water partition coefficient (Wildman–Crippen LogP) is 4.47. The highest BCUT2D eigenvalue weighted by molar-refractivity contribution is 9.10. The Morgan fingerprint density at radius 3 is 2.41 bits per heavy atom. The van der Waals surface area contributed by atoms with Crippen LogP contribution in [0.25, 0.3) is 10.9 Å². The Kier molecular flexibility index (Phi) is 6.70. The minimum Gasteiger partial charge on any atom is -0.468 e. The first-order valence-electron chi connectivity index (χ1n) is 8.89. The summed E-state index contributed by atoms with van der Waals surface area (Å²) in [5.74, 6) is -0.295. The second kappa shape index (κ2) is 8.44. The number of aromatic nitrogens is 1. The van der Waals surface area contributed by atoms with Gasteiger partial charge < -0.3 is 9.47 Å². The molecule has 6 nitrogen and oxygen atoms in total. The molecule has 7 heteroatoms. The molecule has 1 aromatic heterocycles. The van der Waals surface area contributed by atoms with Crippen LogP contribution in [-0.4, -0.2) is 35.4 Å². The normalized spacial score (nSPS) is 13.0. The topological polar surface area (TPSA) is 69.6 Å². The van der Waals surface area contributed by atoms with Crippen molar-refractivity contribution in [2.75, 3.05) is 7.11 Å². The highest BCUT2D eigenvalue weighted by Crippen LogP contribution is 2.32. The maximum Gasteiger partial charge on any atom is 0.419 e. The lowest BCUT2D eigenvalue weighted by Crippen LogP contribution is -2.42. The van der Waals surface area contributed by atoms with Crippen molar-refractivity contribution in [2.45, 2.75) is 52.8 Å². The van der Waals surface area contributed by atoms with Crippen molar-refractivity contribution in [1.82, 2.24) is 9.88 Å². The van der Waals surface area contributed by atoms with E-state index in [1.807, 2.05) is 58.9 Å². The summed E-state index contributed by atoms with van der Waals surface area (Å²) in [6, 6.07) is 7.11. The summed E-state index contributed by atoms with van der Waals surface area (Å²) >= 11 is 3.61. The number of para-hydroxylation sites is 1. The number of hydrogen-bond donors (Lipinski definition) is 1. The predicted molar refractivity (Wildman–Crippen MR) is 109 cm³/mol. The van der Waals surface area contributed by atoms with E-state index < -0.39 is 17.7 Å². The summed E-state index contributed by atoms with van der Waals surface area (Å²) in [6.45, 7) is 9.66. The number of carbonyl (C=O) groups excluding carboxylic acids is 2. The Labute approximate surface area is 168 Å². The average molecular weight is 439 g/mol. The van der Waals surface area contributed by atoms with Crippen molar-refractivity contribution in [1.29, 1.82) is 0 Å². The SMILES string of the molecule is COC(=O)[C@@H](NCc1c(Br)c2ccccc2n1C(=O)OC(C)(C)C)C(C)C. The van der Waals surface area contributed by atoms with E-state index in [-0.39, 0.29) is 11.9 Å². The molecule has 0 saturated heterocycles. The van der Waals surface area contributed by atoms with Crippen LogP contribution in [0.5, 0.6) is 0 Å². The van der Waals surface area contributed by atoms with Crippen LogP contribution >= 0.6 is 15.9 Å². The molecule has 0 aliphatic carbocycles. The van der Waals surface area contributed by atoms with E-state index in [4.69, 9.17) is 9.47 Å². The Hall–Kier alpha value is -1.86. The van der Waals surface area contributed by atoms with Crippen LogP contribution in [0.2, 0.25) is 0 Å². The van der Waals surface area contributed by atoms with Gasteiger partial charge in [-0.3, -0.25) is 10.1 Å². The molecule has 2 aromatic rings. The maximum absolute atomic E-state index is 12.9. The van der Waals surface area contributed by atoms with Gasteiger partial charge in [0.05, 0.1) is 18.3 Å². The third-order valence-electron chi connectivity index (χ3n) is 4.09. The van der Waals surface area contributed by atoms with Gasteiger partial charge in [0, 0.05) is 16.4 Å². The Balaban J connectivity index is 2.46. The number of methoxy groups -OCH3 is 1. The van der Waals surface area contributed by atoms with Crippen molar-refractivity contribution in [3.05, 3.63) is 34.4 Å². The number of esters is 1. The summed E-state index contributed by atoms with van der Waals surface area (Å²) < 4.78 is 12.8. The van der Waals surface area contributed by atoms with Gasteiger partial charge in [-0.1, -0.05) is 32.0 Å². The zero-order valence-electron chi connectivity index (χ0n) is 16.6. The van der Waals surface area contributed by atoms with Gasteiger partial charge in [-0.05, 0) is 48.7 Å². The standard InChI is InChI=1S/C20H27BrN2O4/c1-12(2)17(18(24)26-6)22-11-15-16(21)13-9-7-8-10-14(13)23(15)19(25)27-20(3,4)5/h7-10,12,17,22H,11H2,1-6H3/t17-/m0/s1. The molecule has 0 bridgehead atoms. The van der Waals surface area contributed by atoms with Crippen molar-refractivity contribution in [3.8, 4) is 0 Å². The van der Waals surface area contributed by atoms with Gasteiger partial charge in [-0.2, -0.15) is 0 Å². The summed E-state index contributed by atoms with van der Waals surface area (Å²) in [7, 11) is 1.37. The summed E-state index contributed by atoms with van der Waals surface area (Å²) in [6.07, 6.45) is -0.458. The molecule has 0 amide bonds. The van der Waals surface area contributed by atoms with Gasteiger partial charge in [-0.15, -0.1) is 0 Å². The Morgan fingerprint density at radius 1 is 1.22 bits per heavy atom. The molecule has 0 radical (unpaired) electrons. The lowest BCUT2D eigenvalue weighted by atomic mass is 10.0. The van der Waals surface area contributed by atoms with Crippen LogP contribution in [0.4, 0.5) is 4.79 Å². The largest absolute Gasteiger partial charge is 0.468 e. The molecule has 0 fully saturated rings. The molecule has 1 N–H and O–H groups in total. The number of hydrogen-bond acceptors (Lipinski definition) is 5. The van der Waals surface area contributed by atoms with Crippen molar-refractivity contribution >= 4 is 38.9 Å². The molecule has 0 aliphatic heterocycles. The third-order valence-corrected chi connectivity index (χ3v) is 4.98. The molecular weight excluding hydrogens is 412 g/mol. The third kappa shape index (κ3) is 4.90. The molecule has 1 atom stereocenters. The fourth-order valence-corrected chi connectivity index (χ4v) is 3.50. The van der Waals surface area contributed by atoms with Crippen molar-refractivity contribution in [2.24, 2.45) is 5.92 Å². The van der Waals surface area contributed by atoms with Crippen molar-refractivity contribution in [3.63, 3.8) is 0 Å². The average Bonchev–Trinajstić information content (AvgIpc) is 2.86. The number of rotatable bonds is 5. The van der Waals surface area contributed by atoms with E-state index in [0.717, 1.165) is 15.4 Å². The highest BCUT2D eigenvalue weighted by Gasteiger charge is 2.27. The zero-order valence-corrected chi connectivity index (χ0v) is 18.2. The number of nitrogens with one attached hydrogen (secondary N) is 1. The Bertz CT molecular complexity index is 836. The monoisotopic (exact) mass is 438 g/mol. The minimum absolute atomic E-state index is 0.0376. The number of ether oxygens (including phenoxy) is 2. The fourth-order valence-electron chi connectivity index (χ4n) is 2.85. The van der Waals surface area contributed by atoms with Crippen LogP contribution < -0.4 is 5.32 Å². The first-order chi connectivity index (χ1) is 12.6. The van der Waals surface area contributed by atoms with Gasteiger partial charge in [0.1, 0.15) is 11.6 Å². The van der Waals surface area contributed by atoms with Gasteiger partial charge >= 0.3 is 12.1 Å². The molecule has 0 saturated carbocycles. The van der Waals surface area contributed by atoms with E-state index in [1.54, 1.807) is 4.57 Å². The fraction of sp³-hybridized carbons (Fsp3) is 0.500. The maximum atomic E-state index is 12.9. The van der Waals surface area contributed by atoms with Gasteiger partial charge in [0.2, 0.25) is 0 Å². The molecular formula is C20H27BrN2O4. The summed E-state index contributed by atoms with van der Waals surface area (Å²) in [5.41, 5.74) is 0.821. The van der Waals surface area contributed by atoms with E-state index >= 15 is 0 Å². The van der Waals surface area contributed by atoms with E-state index in [1.165, 1.54) is 7.11 Å². The Morgan fingerprint density at radius 2 is 1.85 bits per heavy atom. The van der Waals surface area contributed by atoms with E-state index in [2.05, 4.69) is 21.2 Å².